The van der Waals surface area contributed by atoms with Gasteiger partial charge in [0.25, 0.3) is 0 Å². The second-order valence-electron chi connectivity index (χ2n) is 10.2. The van der Waals surface area contributed by atoms with Gasteiger partial charge in [-0.05, 0) is 72.6 Å². The van der Waals surface area contributed by atoms with Crippen LogP contribution in [0.4, 0.5) is 0 Å². The molecule has 5 heteroatoms. The maximum absolute atomic E-state index is 10.7. The smallest absolute Gasteiger partial charge is 0.165 e. The van der Waals surface area contributed by atoms with E-state index < -0.39 is 0 Å². The predicted molar refractivity (Wildman–Crippen MR) is 124 cm³/mol. The molecule has 5 nitrogen and oxygen atoms in total. The van der Waals surface area contributed by atoms with Crippen LogP contribution < -0.4 is 14.2 Å². The largest absolute Gasteiger partial charge is 0.508 e. The third kappa shape index (κ3) is 3.34. The summed E-state index contributed by atoms with van der Waals surface area (Å²) < 4.78 is 17.9. The van der Waals surface area contributed by atoms with Crippen molar-refractivity contribution in [2.24, 2.45) is 11.3 Å². The van der Waals surface area contributed by atoms with Crippen molar-refractivity contribution in [1.29, 1.82) is 0 Å². The quantitative estimate of drug-likeness (QED) is 0.663. The first-order chi connectivity index (χ1) is 15.2. The summed E-state index contributed by atoms with van der Waals surface area (Å²) in [5.74, 6) is 2.80. The third-order valence-electron chi connectivity index (χ3n) is 7.83. The predicted octanol–water partition coefficient (Wildman–Crippen LogP) is 5.00. The Bertz CT molecular complexity index is 1090. The maximum Gasteiger partial charge on any atom is 0.165 e. The number of aliphatic hydroxyl groups excluding tert-OH is 1. The summed E-state index contributed by atoms with van der Waals surface area (Å²) in [5.41, 5.74) is 3.33. The number of aromatic hydroxyl groups is 1. The first-order valence-corrected chi connectivity index (χ1v) is 11.5. The van der Waals surface area contributed by atoms with E-state index in [9.17, 15) is 10.2 Å². The van der Waals surface area contributed by atoms with Crippen molar-refractivity contribution < 1.29 is 24.4 Å². The summed E-state index contributed by atoms with van der Waals surface area (Å²) >= 11 is 0. The molecule has 0 radical (unpaired) electrons. The zero-order chi connectivity index (χ0) is 22.7. The molecule has 2 aliphatic heterocycles. The van der Waals surface area contributed by atoms with E-state index in [1.165, 1.54) is 0 Å². The van der Waals surface area contributed by atoms with Crippen molar-refractivity contribution in [1.82, 2.24) is 0 Å². The highest BCUT2D eigenvalue weighted by molar-refractivity contribution is 5.74. The molecule has 0 unspecified atom stereocenters. The van der Waals surface area contributed by atoms with Gasteiger partial charge in [0.2, 0.25) is 0 Å². The Hall–Kier alpha value is -2.66. The molecule has 32 heavy (non-hydrogen) atoms. The van der Waals surface area contributed by atoms with Crippen LogP contribution in [0.25, 0.3) is 12.2 Å². The van der Waals surface area contributed by atoms with Gasteiger partial charge < -0.3 is 24.4 Å². The van der Waals surface area contributed by atoms with Gasteiger partial charge in [-0.3, -0.25) is 0 Å². The van der Waals surface area contributed by atoms with Crippen LogP contribution >= 0.6 is 0 Å². The minimum absolute atomic E-state index is 0.209. The summed E-state index contributed by atoms with van der Waals surface area (Å²) in [7, 11) is 1.67. The molecule has 0 spiro atoms. The van der Waals surface area contributed by atoms with Gasteiger partial charge in [0.05, 0.1) is 19.8 Å². The van der Waals surface area contributed by atoms with Crippen LogP contribution in [0.15, 0.2) is 24.3 Å². The first-order valence-electron chi connectivity index (χ1n) is 11.5. The molecule has 5 rings (SSSR count). The lowest BCUT2D eigenvalue weighted by Gasteiger charge is -2.55. The minimum atomic E-state index is -0.328. The molecule has 170 valence electrons. The molecule has 2 heterocycles. The molecule has 2 aromatic rings. The summed E-state index contributed by atoms with van der Waals surface area (Å²) in [6.45, 7) is 7.09. The van der Waals surface area contributed by atoms with Crippen molar-refractivity contribution in [2.75, 3.05) is 13.7 Å². The first kappa shape index (κ1) is 21.2. The van der Waals surface area contributed by atoms with Crippen molar-refractivity contribution in [3.63, 3.8) is 0 Å². The Labute approximate surface area is 189 Å². The van der Waals surface area contributed by atoms with Crippen LogP contribution in [0.1, 0.15) is 55.9 Å². The van der Waals surface area contributed by atoms with Crippen molar-refractivity contribution in [3.05, 3.63) is 46.5 Å². The second-order valence-corrected chi connectivity index (χ2v) is 10.2. The normalized spacial score (nSPS) is 27.8. The Kier molecular flexibility index (Phi) is 4.93. The lowest BCUT2D eigenvalue weighted by atomic mass is 9.57. The molecule has 0 bridgehead atoms. The van der Waals surface area contributed by atoms with Crippen molar-refractivity contribution in [3.8, 4) is 23.0 Å². The summed E-state index contributed by atoms with van der Waals surface area (Å²) in [4.78, 5) is 0. The van der Waals surface area contributed by atoms with Crippen molar-refractivity contribution in [2.45, 2.75) is 58.2 Å². The van der Waals surface area contributed by atoms with Crippen LogP contribution in [0.2, 0.25) is 0 Å². The molecule has 0 saturated heterocycles. The van der Waals surface area contributed by atoms with Gasteiger partial charge in [-0.2, -0.15) is 0 Å². The van der Waals surface area contributed by atoms with E-state index in [4.69, 9.17) is 14.2 Å². The lowest BCUT2D eigenvalue weighted by Crippen LogP contribution is -2.58. The number of phenolic OH excluding ortho intramolecular Hbond substituents is 1. The number of hydrogen-bond acceptors (Lipinski definition) is 5. The minimum Gasteiger partial charge on any atom is -0.508 e. The van der Waals surface area contributed by atoms with Gasteiger partial charge in [-0.15, -0.1) is 0 Å². The molecule has 2 N–H and O–H groups in total. The molecule has 3 atom stereocenters. The van der Waals surface area contributed by atoms with Gasteiger partial charge in [-0.25, -0.2) is 0 Å². The van der Waals surface area contributed by atoms with Crippen LogP contribution in [0.3, 0.4) is 0 Å². The van der Waals surface area contributed by atoms with E-state index in [0.29, 0.717) is 6.61 Å². The Morgan fingerprint density at radius 1 is 1.09 bits per heavy atom. The fraction of sp³-hybridized carbons (Fsp3) is 0.481. The average Bonchev–Trinajstić information content (AvgIpc) is 3.23. The average molecular weight is 437 g/mol. The molecular formula is C27H32O5. The Morgan fingerprint density at radius 3 is 2.59 bits per heavy atom. The van der Waals surface area contributed by atoms with E-state index in [1.54, 1.807) is 13.2 Å². The Morgan fingerprint density at radius 2 is 1.84 bits per heavy atom. The molecule has 1 saturated carbocycles. The van der Waals surface area contributed by atoms with Crippen LogP contribution in [0.5, 0.6) is 23.0 Å². The van der Waals surface area contributed by atoms with E-state index in [1.807, 2.05) is 24.3 Å². The van der Waals surface area contributed by atoms with Gasteiger partial charge in [0, 0.05) is 17.9 Å². The number of fused-ring (bicyclic) bond motifs is 3. The number of benzene rings is 2. The fourth-order valence-electron chi connectivity index (χ4n) is 5.82. The fourth-order valence-corrected chi connectivity index (χ4v) is 5.82. The summed E-state index contributed by atoms with van der Waals surface area (Å²) in [6.07, 6.45) is 6.83. The monoisotopic (exact) mass is 436 g/mol. The van der Waals surface area contributed by atoms with E-state index in [0.717, 1.165) is 65.2 Å². The zero-order valence-corrected chi connectivity index (χ0v) is 19.3. The molecule has 0 aromatic heterocycles. The summed E-state index contributed by atoms with van der Waals surface area (Å²) in [6, 6.07) is 7.88. The van der Waals surface area contributed by atoms with E-state index in [-0.39, 0.29) is 28.8 Å². The highest BCUT2D eigenvalue weighted by atomic mass is 16.5. The Balaban J connectivity index is 1.49. The van der Waals surface area contributed by atoms with Gasteiger partial charge >= 0.3 is 0 Å². The number of aliphatic hydroxyl groups is 1. The van der Waals surface area contributed by atoms with Crippen LogP contribution in [-0.2, 0) is 12.8 Å². The van der Waals surface area contributed by atoms with E-state index in [2.05, 4.69) is 26.8 Å². The molecule has 1 fully saturated rings. The second kappa shape index (κ2) is 7.45. The van der Waals surface area contributed by atoms with E-state index >= 15 is 0 Å². The maximum atomic E-state index is 10.7. The molecule has 2 aromatic carbocycles. The molecule has 3 aliphatic rings. The lowest BCUT2D eigenvalue weighted by molar-refractivity contribution is -0.138. The zero-order valence-electron chi connectivity index (χ0n) is 19.3. The molecular weight excluding hydrogens is 404 g/mol. The number of methoxy groups -OCH3 is 1. The van der Waals surface area contributed by atoms with Crippen LogP contribution in [0, 0.1) is 11.3 Å². The van der Waals surface area contributed by atoms with Gasteiger partial charge in [-0.1, -0.05) is 26.0 Å². The number of hydrogen-bond donors (Lipinski definition) is 2. The molecule has 1 aliphatic carbocycles. The van der Waals surface area contributed by atoms with Gasteiger partial charge in [0.1, 0.15) is 17.1 Å². The summed E-state index contributed by atoms with van der Waals surface area (Å²) in [5, 5.41) is 21.0. The highest BCUT2D eigenvalue weighted by Gasteiger charge is 2.54. The number of ether oxygens (including phenoxy) is 3. The SMILES string of the molecule is COc1cc(/C=C/c2cc(O)c3c(c2)OCC3)cc2c1O[C@]1(C)CC[C@@H](O)C(C)(C)[C@H]1C2. The highest BCUT2D eigenvalue weighted by Crippen LogP contribution is 2.55. The van der Waals surface area contributed by atoms with Crippen molar-refractivity contribution >= 4 is 12.2 Å². The molecule has 0 amide bonds. The standard InChI is InChI=1S/C27H32O5/c1-26(2)23-15-18-11-16(5-6-17-12-20(28)19-8-10-31-21(19)13-17)14-22(30-4)25(18)32-27(23,3)9-7-24(26)29/h5-6,11-14,23-24,28-29H,7-10,15H2,1-4H3/b6-5+/t23-,24-,27-/m1/s1. The van der Waals surface area contributed by atoms with Gasteiger partial charge in [0.15, 0.2) is 11.5 Å². The topological polar surface area (TPSA) is 68.2 Å². The van der Waals surface area contributed by atoms with Crippen LogP contribution in [-0.4, -0.2) is 35.6 Å². The third-order valence-corrected chi connectivity index (χ3v) is 7.83. The number of phenols is 1. The number of rotatable bonds is 3.